The zero-order chi connectivity index (χ0) is 12.7. The molecule has 0 saturated carbocycles. The van der Waals surface area contributed by atoms with Crippen molar-refractivity contribution in [3.8, 4) is 0 Å². The van der Waals surface area contributed by atoms with Crippen LogP contribution in [0.5, 0.6) is 0 Å². The third-order valence-electron chi connectivity index (χ3n) is 3.17. The van der Waals surface area contributed by atoms with Gasteiger partial charge in [0, 0.05) is 24.9 Å². The van der Waals surface area contributed by atoms with Crippen LogP contribution in [0.4, 0.5) is 0 Å². The van der Waals surface area contributed by atoms with Crippen LogP contribution >= 0.6 is 35.7 Å². The maximum atomic E-state index is 4.26. The topological polar surface area (TPSA) is 36.4 Å². The number of halogens is 1. The van der Waals surface area contributed by atoms with Gasteiger partial charge in [0.25, 0.3) is 0 Å². The van der Waals surface area contributed by atoms with Crippen LogP contribution in [0, 0.1) is 5.92 Å². The van der Waals surface area contributed by atoms with Crippen LogP contribution in [0.15, 0.2) is 4.99 Å². The number of guanidine groups is 1. The van der Waals surface area contributed by atoms with Gasteiger partial charge >= 0.3 is 0 Å². The van der Waals surface area contributed by atoms with Crippen LogP contribution in [0.25, 0.3) is 0 Å². The summed E-state index contributed by atoms with van der Waals surface area (Å²) in [6.45, 7) is 8.85. The van der Waals surface area contributed by atoms with Crippen molar-refractivity contribution >= 4 is 41.7 Å². The summed E-state index contributed by atoms with van der Waals surface area (Å²) in [6.07, 6.45) is 3.85. The highest BCUT2D eigenvalue weighted by molar-refractivity contribution is 14.0. The molecular formula is C13H28IN3S. The van der Waals surface area contributed by atoms with E-state index in [1.165, 1.54) is 25.0 Å². The van der Waals surface area contributed by atoms with Crippen LogP contribution in [0.1, 0.15) is 40.0 Å². The van der Waals surface area contributed by atoms with Crippen LogP contribution in [0.2, 0.25) is 0 Å². The fourth-order valence-electron chi connectivity index (χ4n) is 1.95. The van der Waals surface area contributed by atoms with Crippen molar-refractivity contribution in [1.29, 1.82) is 0 Å². The van der Waals surface area contributed by atoms with Gasteiger partial charge in [-0.2, -0.15) is 11.8 Å². The highest BCUT2D eigenvalue weighted by atomic mass is 127. The van der Waals surface area contributed by atoms with E-state index in [1.54, 1.807) is 0 Å². The maximum Gasteiger partial charge on any atom is 0.191 e. The molecule has 0 aromatic heterocycles. The van der Waals surface area contributed by atoms with Crippen molar-refractivity contribution in [2.75, 3.05) is 25.9 Å². The first-order valence-electron chi connectivity index (χ1n) is 6.64. The minimum atomic E-state index is 0. The van der Waals surface area contributed by atoms with E-state index in [4.69, 9.17) is 0 Å². The first-order valence-corrected chi connectivity index (χ1v) is 7.63. The summed E-state index contributed by atoms with van der Waals surface area (Å²) in [5.41, 5.74) is 0. The van der Waals surface area contributed by atoms with E-state index >= 15 is 0 Å². The van der Waals surface area contributed by atoms with Crippen LogP contribution in [-0.2, 0) is 0 Å². The molecule has 1 rings (SSSR count). The molecule has 1 aliphatic heterocycles. The molecule has 0 bridgehead atoms. The molecule has 0 spiro atoms. The number of hydrogen-bond donors (Lipinski definition) is 2. The summed E-state index contributed by atoms with van der Waals surface area (Å²) in [6, 6.07) is 0. The van der Waals surface area contributed by atoms with Gasteiger partial charge in [-0.3, -0.25) is 4.99 Å². The molecule has 1 aliphatic rings. The summed E-state index contributed by atoms with van der Waals surface area (Å²) < 4.78 is 0.398. The van der Waals surface area contributed by atoms with Gasteiger partial charge in [-0.05, 0) is 37.9 Å². The van der Waals surface area contributed by atoms with E-state index < -0.39 is 0 Å². The van der Waals surface area contributed by atoms with Gasteiger partial charge in [0.2, 0.25) is 0 Å². The molecule has 5 heteroatoms. The molecule has 3 nitrogen and oxygen atoms in total. The van der Waals surface area contributed by atoms with E-state index in [1.807, 2.05) is 7.05 Å². The van der Waals surface area contributed by atoms with Gasteiger partial charge in [0.05, 0.1) is 0 Å². The Morgan fingerprint density at radius 3 is 2.61 bits per heavy atom. The van der Waals surface area contributed by atoms with E-state index in [2.05, 4.69) is 48.2 Å². The third-order valence-corrected chi connectivity index (χ3v) is 4.71. The number of aliphatic imine (C=N–C) groups is 1. The second kappa shape index (κ2) is 9.28. The Hall–Kier alpha value is 0.350. The fraction of sp³-hybridized carbons (Fsp3) is 0.923. The zero-order valence-corrected chi connectivity index (χ0v) is 15.2. The molecule has 18 heavy (non-hydrogen) atoms. The molecule has 2 N–H and O–H groups in total. The average Bonchev–Trinajstić information content (AvgIpc) is 2.70. The van der Waals surface area contributed by atoms with Gasteiger partial charge < -0.3 is 10.6 Å². The highest BCUT2D eigenvalue weighted by Gasteiger charge is 2.29. The molecule has 108 valence electrons. The summed E-state index contributed by atoms with van der Waals surface area (Å²) in [5.74, 6) is 2.99. The third kappa shape index (κ3) is 7.07. The molecule has 1 saturated heterocycles. The van der Waals surface area contributed by atoms with Crippen LogP contribution in [0.3, 0.4) is 0 Å². The minimum absolute atomic E-state index is 0. The number of hydrogen-bond acceptors (Lipinski definition) is 2. The van der Waals surface area contributed by atoms with Gasteiger partial charge in [-0.25, -0.2) is 0 Å². The van der Waals surface area contributed by atoms with E-state index in [9.17, 15) is 0 Å². The SMILES string of the molecule is CN=C(NCCC(C)C)NCC1(C)CCCS1.I. The molecule has 0 aliphatic carbocycles. The molecule has 1 atom stereocenters. The standard InChI is InChI=1S/C13H27N3S.HI/c1-11(2)6-8-15-12(14-4)16-10-13(3)7-5-9-17-13;/h11H,5-10H2,1-4H3,(H2,14,15,16);1H. The lowest BCUT2D eigenvalue weighted by atomic mass is 10.1. The fourth-order valence-corrected chi connectivity index (χ4v) is 3.19. The van der Waals surface area contributed by atoms with Crippen molar-refractivity contribution in [3.05, 3.63) is 0 Å². The quantitative estimate of drug-likeness (QED) is 0.434. The molecule has 0 aromatic rings. The van der Waals surface area contributed by atoms with Crippen molar-refractivity contribution in [1.82, 2.24) is 10.6 Å². The molecular weight excluding hydrogens is 357 g/mol. The second-order valence-corrected chi connectivity index (χ2v) is 7.12. The Bertz CT molecular complexity index is 251. The maximum absolute atomic E-state index is 4.26. The zero-order valence-electron chi connectivity index (χ0n) is 12.1. The Kier molecular flexibility index (Phi) is 9.47. The van der Waals surface area contributed by atoms with E-state index in [0.717, 1.165) is 25.0 Å². The lowest BCUT2D eigenvalue weighted by Gasteiger charge is -2.24. The summed E-state index contributed by atoms with van der Waals surface area (Å²) in [5, 5.41) is 6.82. The molecule has 1 unspecified atom stereocenters. The summed E-state index contributed by atoms with van der Waals surface area (Å²) in [7, 11) is 1.84. The number of nitrogens with zero attached hydrogens (tertiary/aromatic N) is 1. The minimum Gasteiger partial charge on any atom is -0.356 e. The second-order valence-electron chi connectivity index (χ2n) is 5.44. The van der Waals surface area contributed by atoms with Crippen molar-refractivity contribution in [2.24, 2.45) is 10.9 Å². The highest BCUT2D eigenvalue weighted by Crippen LogP contribution is 2.36. The molecule has 1 fully saturated rings. The molecule has 1 heterocycles. The number of rotatable bonds is 5. The first kappa shape index (κ1) is 18.4. The Labute approximate surface area is 133 Å². The predicted molar refractivity (Wildman–Crippen MR) is 94.3 cm³/mol. The van der Waals surface area contributed by atoms with E-state index in [0.29, 0.717) is 4.75 Å². The molecule has 0 amide bonds. The number of thioether (sulfide) groups is 1. The monoisotopic (exact) mass is 385 g/mol. The summed E-state index contributed by atoms with van der Waals surface area (Å²) >= 11 is 2.08. The van der Waals surface area contributed by atoms with Gasteiger partial charge in [0.15, 0.2) is 5.96 Å². The van der Waals surface area contributed by atoms with Crippen molar-refractivity contribution in [2.45, 2.75) is 44.8 Å². The molecule has 0 aromatic carbocycles. The first-order chi connectivity index (χ1) is 8.06. The predicted octanol–water partition coefficient (Wildman–Crippen LogP) is 3.10. The molecule has 0 radical (unpaired) electrons. The normalized spacial score (nSPS) is 23.9. The Balaban J connectivity index is 0.00000289. The average molecular weight is 385 g/mol. The smallest absolute Gasteiger partial charge is 0.191 e. The van der Waals surface area contributed by atoms with Crippen molar-refractivity contribution < 1.29 is 0 Å². The Morgan fingerprint density at radius 2 is 2.11 bits per heavy atom. The lowest BCUT2D eigenvalue weighted by molar-refractivity contribution is 0.561. The van der Waals surface area contributed by atoms with Crippen LogP contribution < -0.4 is 10.6 Å². The largest absolute Gasteiger partial charge is 0.356 e. The van der Waals surface area contributed by atoms with Gasteiger partial charge in [-0.1, -0.05) is 13.8 Å². The van der Waals surface area contributed by atoms with Gasteiger partial charge in [0.1, 0.15) is 0 Å². The van der Waals surface area contributed by atoms with E-state index in [-0.39, 0.29) is 24.0 Å². The van der Waals surface area contributed by atoms with Crippen molar-refractivity contribution in [3.63, 3.8) is 0 Å². The van der Waals surface area contributed by atoms with Crippen LogP contribution in [-0.4, -0.2) is 36.6 Å². The lowest BCUT2D eigenvalue weighted by Crippen LogP contribution is -2.44. The van der Waals surface area contributed by atoms with Gasteiger partial charge in [-0.15, -0.1) is 24.0 Å². The number of nitrogens with one attached hydrogen (secondary N) is 2. The summed E-state index contributed by atoms with van der Waals surface area (Å²) in [4.78, 5) is 4.26. The Morgan fingerprint density at radius 1 is 1.39 bits per heavy atom.